The topological polar surface area (TPSA) is 16.1 Å². The third kappa shape index (κ3) is 3.48. The maximum Gasteiger partial charge on any atom is 0.0959 e. The van der Waals surface area contributed by atoms with E-state index < -0.39 is 0 Å². The van der Waals surface area contributed by atoms with Crippen molar-refractivity contribution >= 4 is 11.8 Å². The van der Waals surface area contributed by atoms with E-state index in [0.717, 1.165) is 10.8 Å². The van der Waals surface area contributed by atoms with Gasteiger partial charge in [-0.2, -0.15) is 0 Å². The zero-order valence-corrected chi connectivity index (χ0v) is 12.4. The highest BCUT2D eigenvalue weighted by molar-refractivity contribution is 7.99. The summed E-state index contributed by atoms with van der Waals surface area (Å²) in [6, 6.07) is 5.07. The molecule has 100 valence electrons. The van der Waals surface area contributed by atoms with Crippen LogP contribution in [0, 0.1) is 0 Å². The smallest absolute Gasteiger partial charge is 0.0959 e. The second kappa shape index (κ2) is 7.15. The molecule has 1 aliphatic heterocycles. The Morgan fingerprint density at radius 2 is 2.28 bits per heavy atom. The third-order valence-corrected chi connectivity index (χ3v) is 4.42. The van der Waals surface area contributed by atoms with Crippen molar-refractivity contribution in [3.8, 4) is 0 Å². The maximum atomic E-state index is 4.56. The molecule has 0 spiro atoms. The molecule has 1 atom stereocenters. The number of unbranched alkanes of at least 4 members (excludes halogenated alkanes) is 1. The van der Waals surface area contributed by atoms with E-state index in [2.05, 4.69) is 42.1 Å². The Kier molecular flexibility index (Phi) is 5.51. The van der Waals surface area contributed by atoms with Gasteiger partial charge in [0.05, 0.1) is 5.03 Å². The van der Waals surface area contributed by atoms with Crippen molar-refractivity contribution in [2.24, 2.45) is 0 Å². The summed E-state index contributed by atoms with van der Waals surface area (Å²) in [6.07, 6.45) is 7.32. The number of pyridine rings is 1. The lowest BCUT2D eigenvalue weighted by molar-refractivity contribution is 0.253. The van der Waals surface area contributed by atoms with Gasteiger partial charge in [-0.05, 0) is 49.7 Å². The van der Waals surface area contributed by atoms with Crippen LogP contribution in [0.25, 0.3) is 0 Å². The molecular weight excluding hydrogens is 240 g/mol. The summed E-state index contributed by atoms with van der Waals surface area (Å²) in [6.45, 7) is 6.94. The minimum absolute atomic E-state index is 0.615. The van der Waals surface area contributed by atoms with Crippen LogP contribution < -0.4 is 0 Å². The van der Waals surface area contributed by atoms with Crippen molar-refractivity contribution in [3.63, 3.8) is 0 Å². The highest BCUT2D eigenvalue weighted by Crippen LogP contribution is 2.32. The van der Waals surface area contributed by atoms with E-state index in [4.69, 9.17) is 0 Å². The van der Waals surface area contributed by atoms with E-state index in [0.29, 0.717) is 6.04 Å². The van der Waals surface area contributed by atoms with E-state index in [9.17, 15) is 0 Å². The van der Waals surface area contributed by atoms with Crippen molar-refractivity contribution in [2.75, 3.05) is 18.8 Å². The van der Waals surface area contributed by atoms with Crippen LogP contribution in [0.2, 0.25) is 0 Å². The highest BCUT2D eigenvalue weighted by atomic mass is 32.2. The predicted octanol–water partition coefficient (Wildman–Crippen LogP) is 4.13. The molecule has 2 nitrogen and oxygen atoms in total. The van der Waals surface area contributed by atoms with Crippen LogP contribution in [0.1, 0.15) is 51.1 Å². The van der Waals surface area contributed by atoms with Crippen molar-refractivity contribution in [1.29, 1.82) is 0 Å². The molecule has 0 unspecified atom stereocenters. The molecule has 0 aromatic carbocycles. The molecule has 0 amide bonds. The summed E-state index contributed by atoms with van der Waals surface area (Å²) >= 11 is 1.82. The Bertz CT molecular complexity index is 350. The number of thioether (sulfide) groups is 1. The van der Waals surface area contributed by atoms with Gasteiger partial charge in [-0.15, -0.1) is 11.8 Å². The molecule has 1 aromatic rings. The summed E-state index contributed by atoms with van der Waals surface area (Å²) in [5.74, 6) is 1.10. The van der Waals surface area contributed by atoms with Crippen LogP contribution in [-0.4, -0.2) is 28.7 Å². The summed E-state index contributed by atoms with van der Waals surface area (Å²) in [5, 5.41) is 1.15. The minimum Gasteiger partial charge on any atom is -0.296 e. The van der Waals surface area contributed by atoms with Crippen molar-refractivity contribution in [3.05, 3.63) is 23.9 Å². The van der Waals surface area contributed by atoms with Crippen LogP contribution >= 0.6 is 11.8 Å². The number of aromatic nitrogens is 1. The molecule has 18 heavy (non-hydrogen) atoms. The Morgan fingerprint density at radius 3 is 2.94 bits per heavy atom. The molecule has 1 saturated heterocycles. The third-order valence-electron chi connectivity index (χ3n) is 3.60. The van der Waals surface area contributed by atoms with Gasteiger partial charge in [-0.25, -0.2) is 4.98 Å². The van der Waals surface area contributed by atoms with Gasteiger partial charge in [-0.1, -0.05) is 26.3 Å². The molecule has 1 aliphatic rings. The standard InChI is InChI=1S/C15H24N2S/c1-3-5-10-17-11-6-7-14(17)13-8-9-15(16-12-13)18-4-2/h8-9,12,14H,3-7,10-11H2,1-2H3/t14-/m0/s1. The average Bonchev–Trinajstić information content (AvgIpc) is 2.86. The van der Waals surface area contributed by atoms with E-state index in [1.54, 1.807) is 0 Å². The molecule has 2 heterocycles. The van der Waals surface area contributed by atoms with Gasteiger partial charge < -0.3 is 0 Å². The number of hydrogen-bond acceptors (Lipinski definition) is 3. The Hall–Kier alpha value is -0.540. The first-order valence-electron chi connectivity index (χ1n) is 7.18. The largest absolute Gasteiger partial charge is 0.296 e. The van der Waals surface area contributed by atoms with Crippen molar-refractivity contribution in [1.82, 2.24) is 9.88 Å². The quantitative estimate of drug-likeness (QED) is 0.719. The zero-order chi connectivity index (χ0) is 12.8. The van der Waals surface area contributed by atoms with E-state index in [1.807, 2.05) is 11.8 Å². The molecular formula is C15H24N2S. The SMILES string of the molecule is CCCCN1CCC[C@H]1c1ccc(SCC)nc1. The number of hydrogen-bond donors (Lipinski definition) is 0. The van der Waals surface area contributed by atoms with Crippen molar-refractivity contribution < 1.29 is 0 Å². The fourth-order valence-electron chi connectivity index (χ4n) is 2.65. The first-order chi connectivity index (χ1) is 8.85. The molecule has 0 saturated carbocycles. The molecule has 0 radical (unpaired) electrons. The van der Waals surface area contributed by atoms with Crippen LogP contribution in [-0.2, 0) is 0 Å². The minimum atomic E-state index is 0.615. The molecule has 0 bridgehead atoms. The lowest BCUT2D eigenvalue weighted by Gasteiger charge is -2.24. The van der Waals surface area contributed by atoms with E-state index in [-0.39, 0.29) is 0 Å². The van der Waals surface area contributed by atoms with E-state index in [1.165, 1.54) is 44.3 Å². The summed E-state index contributed by atoms with van der Waals surface area (Å²) in [4.78, 5) is 7.20. The summed E-state index contributed by atoms with van der Waals surface area (Å²) in [5.41, 5.74) is 1.41. The summed E-state index contributed by atoms with van der Waals surface area (Å²) < 4.78 is 0. The Morgan fingerprint density at radius 1 is 1.39 bits per heavy atom. The number of likely N-dealkylation sites (tertiary alicyclic amines) is 1. The van der Waals surface area contributed by atoms with Crippen molar-refractivity contribution in [2.45, 2.75) is 50.6 Å². The lowest BCUT2D eigenvalue weighted by atomic mass is 10.1. The molecule has 0 aliphatic carbocycles. The number of rotatable bonds is 6. The van der Waals surface area contributed by atoms with Crippen LogP contribution in [0.3, 0.4) is 0 Å². The molecule has 1 aromatic heterocycles. The fraction of sp³-hybridized carbons (Fsp3) is 0.667. The monoisotopic (exact) mass is 264 g/mol. The lowest BCUT2D eigenvalue weighted by Crippen LogP contribution is -2.24. The normalized spacial score (nSPS) is 20.4. The second-order valence-corrected chi connectivity index (χ2v) is 6.19. The van der Waals surface area contributed by atoms with Gasteiger partial charge in [0.15, 0.2) is 0 Å². The first-order valence-corrected chi connectivity index (χ1v) is 8.16. The van der Waals surface area contributed by atoms with Gasteiger partial charge in [0.2, 0.25) is 0 Å². The zero-order valence-electron chi connectivity index (χ0n) is 11.6. The van der Waals surface area contributed by atoms with Crippen LogP contribution in [0.4, 0.5) is 0 Å². The predicted molar refractivity (Wildman–Crippen MR) is 79.1 cm³/mol. The fourth-order valence-corrected chi connectivity index (χ4v) is 3.24. The summed E-state index contributed by atoms with van der Waals surface area (Å²) in [7, 11) is 0. The van der Waals surface area contributed by atoms with Gasteiger partial charge in [-0.3, -0.25) is 4.90 Å². The second-order valence-electron chi connectivity index (χ2n) is 4.91. The van der Waals surface area contributed by atoms with Crippen LogP contribution in [0.15, 0.2) is 23.4 Å². The van der Waals surface area contributed by atoms with Gasteiger partial charge >= 0.3 is 0 Å². The first kappa shape index (κ1) is 13.9. The highest BCUT2D eigenvalue weighted by Gasteiger charge is 2.25. The van der Waals surface area contributed by atoms with Gasteiger partial charge in [0.25, 0.3) is 0 Å². The molecule has 1 fully saturated rings. The number of nitrogens with zero attached hydrogens (tertiary/aromatic N) is 2. The van der Waals surface area contributed by atoms with Gasteiger partial charge in [0, 0.05) is 12.2 Å². The van der Waals surface area contributed by atoms with Crippen LogP contribution in [0.5, 0.6) is 0 Å². The maximum absolute atomic E-state index is 4.56. The average molecular weight is 264 g/mol. The Labute approximate surface area is 115 Å². The molecule has 2 rings (SSSR count). The van der Waals surface area contributed by atoms with Gasteiger partial charge in [0.1, 0.15) is 0 Å². The molecule has 3 heteroatoms. The Balaban J connectivity index is 2.00. The van der Waals surface area contributed by atoms with E-state index >= 15 is 0 Å². The molecule has 0 N–H and O–H groups in total.